The molecule has 2 unspecified atom stereocenters. The van der Waals surface area contributed by atoms with Gasteiger partial charge in [-0.3, -0.25) is 5.32 Å². The molecule has 0 aromatic carbocycles. The van der Waals surface area contributed by atoms with Crippen molar-refractivity contribution in [1.29, 1.82) is 5.26 Å². The Hall–Kier alpha value is -0.590. The minimum absolute atomic E-state index is 0.309. The van der Waals surface area contributed by atoms with Gasteiger partial charge in [-0.05, 0) is 58.5 Å². The fraction of sp³-hybridized carbons (Fsp3) is 0.938. The highest BCUT2D eigenvalue weighted by atomic mass is 15.1. The third-order valence-corrected chi connectivity index (χ3v) is 4.13. The van der Waals surface area contributed by atoms with Crippen LogP contribution in [0.1, 0.15) is 59.3 Å². The van der Waals surface area contributed by atoms with Gasteiger partial charge in [-0.15, -0.1) is 0 Å². The van der Waals surface area contributed by atoms with Crippen molar-refractivity contribution in [2.24, 2.45) is 5.92 Å². The molecule has 19 heavy (non-hydrogen) atoms. The van der Waals surface area contributed by atoms with Crippen molar-refractivity contribution in [2.75, 3.05) is 20.1 Å². The zero-order valence-corrected chi connectivity index (χ0v) is 13.2. The Morgan fingerprint density at radius 2 is 2.11 bits per heavy atom. The van der Waals surface area contributed by atoms with Crippen LogP contribution in [0, 0.1) is 17.2 Å². The SMILES string of the molecule is CCC(C)CN(C)CCCCC(C)(C#N)NC1CC1. The second-order valence-electron chi connectivity index (χ2n) is 6.60. The van der Waals surface area contributed by atoms with Gasteiger partial charge in [0.05, 0.1) is 6.07 Å². The fourth-order valence-electron chi connectivity index (χ4n) is 2.45. The number of nitriles is 1. The van der Waals surface area contributed by atoms with Crippen LogP contribution in [0.3, 0.4) is 0 Å². The molecule has 1 aliphatic rings. The smallest absolute Gasteiger partial charge is 0.104 e. The summed E-state index contributed by atoms with van der Waals surface area (Å²) in [5.41, 5.74) is -0.309. The number of nitrogens with zero attached hydrogens (tertiary/aromatic N) is 2. The molecule has 0 aromatic rings. The van der Waals surface area contributed by atoms with Gasteiger partial charge < -0.3 is 4.90 Å². The van der Waals surface area contributed by atoms with Gasteiger partial charge in [0.1, 0.15) is 5.54 Å². The quantitative estimate of drug-likeness (QED) is 0.617. The Morgan fingerprint density at radius 3 is 2.63 bits per heavy atom. The van der Waals surface area contributed by atoms with E-state index < -0.39 is 0 Å². The van der Waals surface area contributed by atoms with Gasteiger partial charge in [0.15, 0.2) is 0 Å². The average Bonchev–Trinajstić information content (AvgIpc) is 3.18. The molecule has 0 saturated heterocycles. The Balaban J connectivity index is 2.13. The maximum Gasteiger partial charge on any atom is 0.104 e. The molecular weight excluding hydrogens is 234 g/mol. The minimum atomic E-state index is -0.309. The monoisotopic (exact) mass is 265 g/mol. The van der Waals surface area contributed by atoms with E-state index in [1.807, 2.05) is 6.92 Å². The van der Waals surface area contributed by atoms with Crippen LogP contribution in [0.25, 0.3) is 0 Å². The Morgan fingerprint density at radius 1 is 1.42 bits per heavy atom. The van der Waals surface area contributed by atoms with Crippen molar-refractivity contribution in [3.05, 3.63) is 0 Å². The lowest BCUT2D eigenvalue weighted by Gasteiger charge is -2.24. The molecule has 0 amide bonds. The second-order valence-corrected chi connectivity index (χ2v) is 6.60. The molecule has 1 rings (SSSR count). The van der Waals surface area contributed by atoms with Gasteiger partial charge in [0, 0.05) is 12.6 Å². The van der Waals surface area contributed by atoms with Crippen LogP contribution >= 0.6 is 0 Å². The van der Waals surface area contributed by atoms with Crippen LogP contribution in [0.2, 0.25) is 0 Å². The van der Waals surface area contributed by atoms with E-state index in [-0.39, 0.29) is 5.54 Å². The lowest BCUT2D eigenvalue weighted by atomic mass is 9.96. The van der Waals surface area contributed by atoms with Gasteiger partial charge in [-0.1, -0.05) is 20.3 Å². The fourth-order valence-corrected chi connectivity index (χ4v) is 2.45. The lowest BCUT2D eigenvalue weighted by Crippen LogP contribution is -2.42. The highest BCUT2D eigenvalue weighted by molar-refractivity contribution is 5.06. The zero-order valence-electron chi connectivity index (χ0n) is 13.2. The third kappa shape index (κ3) is 6.94. The van der Waals surface area contributed by atoms with Crippen molar-refractivity contribution < 1.29 is 0 Å². The van der Waals surface area contributed by atoms with Crippen LogP contribution in [-0.4, -0.2) is 36.6 Å². The molecule has 0 aliphatic heterocycles. The largest absolute Gasteiger partial charge is 0.306 e. The van der Waals surface area contributed by atoms with Gasteiger partial charge in [-0.25, -0.2) is 0 Å². The summed E-state index contributed by atoms with van der Waals surface area (Å²) in [6.45, 7) is 8.94. The summed E-state index contributed by atoms with van der Waals surface area (Å²) in [5, 5.41) is 12.8. The normalized spacial score (nSPS) is 20.0. The van der Waals surface area contributed by atoms with E-state index in [0.717, 1.165) is 25.3 Å². The molecule has 0 aromatic heterocycles. The van der Waals surface area contributed by atoms with Crippen LogP contribution in [0.15, 0.2) is 0 Å². The van der Waals surface area contributed by atoms with E-state index in [4.69, 9.17) is 0 Å². The lowest BCUT2D eigenvalue weighted by molar-refractivity contribution is 0.271. The second kappa shape index (κ2) is 7.87. The number of unbranched alkanes of at least 4 members (excludes halogenated alkanes) is 1. The maximum atomic E-state index is 9.30. The first-order valence-electron chi connectivity index (χ1n) is 7.86. The summed E-state index contributed by atoms with van der Waals surface area (Å²) >= 11 is 0. The Labute approximate surface area is 119 Å². The van der Waals surface area contributed by atoms with Crippen LogP contribution in [0.5, 0.6) is 0 Å². The minimum Gasteiger partial charge on any atom is -0.306 e. The van der Waals surface area contributed by atoms with Gasteiger partial charge in [-0.2, -0.15) is 5.26 Å². The van der Waals surface area contributed by atoms with Gasteiger partial charge in [0.2, 0.25) is 0 Å². The van der Waals surface area contributed by atoms with E-state index in [0.29, 0.717) is 6.04 Å². The summed E-state index contributed by atoms with van der Waals surface area (Å²) in [6, 6.07) is 3.06. The summed E-state index contributed by atoms with van der Waals surface area (Å²) in [7, 11) is 2.21. The first-order valence-corrected chi connectivity index (χ1v) is 7.86. The molecule has 0 radical (unpaired) electrons. The topological polar surface area (TPSA) is 39.1 Å². The Kier molecular flexibility index (Phi) is 6.82. The molecule has 0 spiro atoms. The van der Waals surface area contributed by atoms with E-state index >= 15 is 0 Å². The number of hydrogen-bond acceptors (Lipinski definition) is 3. The molecule has 3 nitrogen and oxygen atoms in total. The van der Waals surface area contributed by atoms with Gasteiger partial charge in [0.25, 0.3) is 0 Å². The van der Waals surface area contributed by atoms with E-state index in [9.17, 15) is 5.26 Å². The highest BCUT2D eigenvalue weighted by Gasteiger charge is 2.31. The predicted molar refractivity (Wildman–Crippen MR) is 81.0 cm³/mol. The molecule has 1 aliphatic carbocycles. The maximum absolute atomic E-state index is 9.30. The zero-order chi connectivity index (χ0) is 14.3. The predicted octanol–water partition coefficient (Wildman–Crippen LogP) is 3.17. The van der Waals surface area contributed by atoms with Crippen LogP contribution < -0.4 is 5.32 Å². The van der Waals surface area contributed by atoms with E-state index in [1.165, 1.54) is 32.2 Å². The highest BCUT2D eigenvalue weighted by Crippen LogP contribution is 2.24. The first kappa shape index (κ1) is 16.5. The number of rotatable bonds is 10. The molecule has 1 fully saturated rings. The van der Waals surface area contributed by atoms with Crippen molar-refractivity contribution >= 4 is 0 Å². The first-order chi connectivity index (χ1) is 8.99. The number of nitrogens with one attached hydrogen (secondary N) is 1. The van der Waals surface area contributed by atoms with Crippen molar-refractivity contribution in [3.8, 4) is 6.07 Å². The summed E-state index contributed by atoms with van der Waals surface area (Å²) < 4.78 is 0. The summed E-state index contributed by atoms with van der Waals surface area (Å²) in [4.78, 5) is 2.42. The molecule has 110 valence electrons. The molecule has 1 saturated carbocycles. The average molecular weight is 265 g/mol. The molecule has 1 N–H and O–H groups in total. The van der Waals surface area contributed by atoms with Crippen molar-refractivity contribution in [1.82, 2.24) is 10.2 Å². The van der Waals surface area contributed by atoms with Crippen molar-refractivity contribution in [2.45, 2.75) is 70.9 Å². The van der Waals surface area contributed by atoms with Crippen LogP contribution in [0.4, 0.5) is 0 Å². The van der Waals surface area contributed by atoms with Gasteiger partial charge >= 0.3 is 0 Å². The molecule has 0 bridgehead atoms. The standard InChI is InChI=1S/C16H31N3/c1-5-14(2)12-19(4)11-7-6-10-16(3,13-17)18-15-8-9-15/h14-15,18H,5-12H2,1-4H3. The van der Waals surface area contributed by atoms with Crippen LogP contribution in [-0.2, 0) is 0 Å². The van der Waals surface area contributed by atoms with Crippen molar-refractivity contribution in [3.63, 3.8) is 0 Å². The molecule has 0 heterocycles. The molecule has 3 heteroatoms. The Bertz CT molecular complexity index is 293. The van der Waals surface area contributed by atoms with E-state index in [2.05, 4.69) is 37.2 Å². The molecule has 2 atom stereocenters. The molecular formula is C16H31N3. The van der Waals surface area contributed by atoms with E-state index in [1.54, 1.807) is 0 Å². The number of hydrogen-bond donors (Lipinski definition) is 1. The summed E-state index contributed by atoms with van der Waals surface area (Å²) in [5.74, 6) is 0.783. The third-order valence-electron chi connectivity index (χ3n) is 4.13. The summed E-state index contributed by atoms with van der Waals surface area (Å²) in [6.07, 6.45) is 7.04.